The Bertz CT molecular complexity index is 1480. The highest BCUT2D eigenvalue weighted by Gasteiger charge is 2.51. The van der Waals surface area contributed by atoms with Gasteiger partial charge in [-0.25, -0.2) is 19.3 Å². The number of rotatable bonds is 3. The van der Waals surface area contributed by atoms with E-state index in [0.29, 0.717) is 35.6 Å². The van der Waals surface area contributed by atoms with Gasteiger partial charge in [0, 0.05) is 36.3 Å². The molecule has 6 heterocycles. The molecule has 2 saturated heterocycles. The number of anilines is 2. The molecule has 3 aromatic heterocycles. The summed E-state index contributed by atoms with van der Waals surface area (Å²) in [4.78, 5) is 15.1. The number of aromatic nitrogens is 3. The minimum absolute atomic E-state index is 0.0502. The first-order chi connectivity index (χ1) is 17.9. The van der Waals surface area contributed by atoms with Gasteiger partial charge in [0.15, 0.2) is 5.82 Å². The largest absolute Gasteiger partial charge is 0.475 e. The topological polar surface area (TPSA) is 98.4 Å². The van der Waals surface area contributed by atoms with Crippen molar-refractivity contribution < 1.29 is 27.0 Å². The fourth-order valence-corrected chi connectivity index (χ4v) is 6.39. The average molecular weight is 533 g/mol. The second-order valence-corrected chi connectivity index (χ2v) is 10.5. The molecule has 0 aliphatic carbocycles. The lowest BCUT2D eigenvalue weighted by molar-refractivity contribution is -0.137. The van der Waals surface area contributed by atoms with Crippen LogP contribution in [-0.4, -0.2) is 59.4 Å². The van der Waals surface area contributed by atoms with E-state index >= 15 is 4.39 Å². The molecule has 0 spiro atoms. The van der Waals surface area contributed by atoms with Crippen molar-refractivity contribution in [3.05, 3.63) is 34.4 Å². The van der Waals surface area contributed by atoms with Crippen LogP contribution in [0.4, 0.5) is 29.2 Å². The van der Waals surface area contributed by atoms with Crippen molar-refractivity contribution in [2.45, 2.75) is 57.4 Å². The van der Waals surface area contributed by atoms with E-state index in [2.05, 4.69) is 20.2 Å². The van der Waals surface area contributed by atoms with E-state index in [1.54, 1.807) is 21.0 Å². The number of halogens is 4. The Balaban J connectivity index is 1.63. The minimum atomic E-state index is -4.80. The van der Waals surface area contributed by atoms with Crippen LogP contribution in [0.2, 0.25) is 0 Å². The van der Waals surface area contributed by atoms with E-state index in [-0.39, 0.29) is 47.0 Å². The van der Waals surface area contributed by atoms with Crippen molar-refractivity contribution >= 4 is 22.4 Å². The van der Waals surface area contributed by atoms with Crippen LogP contribution in [0.3, 0.4) is 0 Å². The third kappa shape index (κ3) is 3.60. The summed E-state index contributed by atoms with van der Waals surface area (Å²) >= 11 is 0. The van der Waals surface area contributed by atoms with Gasteiger partial charge in [0.2, 0.25) is 5.88 Å². The zero-order valence-corrected chi connectivity index (χ0v) is 21.5. The summed E-state index contributed by atoms with van der Waals surface area (Å²) in [5.41, 5.74) is 4.22. The maximum atomic E-state index is 16.4. The number of methoxy groups -OCH3 is 1. The second-order valence-electron chi connectivity index (χ2n) is 10.5. The third-order valence-electron chi connectivity index (χ3n) is 8.13. The quantitative estimate of drug-likeness (QED) is 0.487. The van der Waals surface area contributed by atoms with Gasteiger partial charge >= 0.3 is 6.18 Å². The number of alkyl halides is 3. The van der Waals surface area contributed by atoms with Gasteiger partial charge in [-0.05, 0) is 45.2 Å². The fourth-order valence-electron chi connectivity index (χ4n) is 6.39. The number of piperazine rings is 1. The molecule has 202 valence electrons. The Morgan fingerprint density at radius 2 is 1.95 bits per heavy atom. The summed E-state index contributed by atoms with van der Waals surface area (Å²) in [7, 11) is 1.66. The Hall–Kier alpha value is -3.25. The monoisotopic (exact) mass is 532 g/mol. The van der Waals surface area contributed by atoms with E-state index in [9.17, 15) is 13.2 Å². The van der Waals surface area contributed by atoms with E-state index < -0.39 is 28.8 Å². The molecule has 0 unspecified atom stereocenters. The Kier molecular flexibility index (Phi) is 5.52. The summed E-state index contributed by atoms with van der Waals surface area (Å²) in [5.74, 6) is -0.469. The van der Waals surface area contributed by atoms with Crippen LogP contribution in [0.15, 0.2) is 6.07 Å². The van der Waals surface area contributed by atoms with Crippen molar-refractivity contribution in [1.29, 1.82) is 0 Å². The first-order valence-electron chi connectivity index (χ1n) is 12.5. The van der Waals surface area contributed by atoms with E-state index in [1.165, 1.54) is 6.92 Å². The highest BCUT2D eigenvalue weighted by Crippen LogP contribution is 2.47. The van der Waals surface area contributed by atoms with Gasteiger partial charge in [0.1, 0.15) is 23.9 Å². The summed E-state index contributed by atoms with van der Waals surface area (Å²) in [6.07, 6.45) is -2.99. The average Bonchev–Trinajstić information content (AvgIpc) is 3.09. The van der Waals surface area contributed by atoms with Gasteiger partial charge in [0.25, 0.3) is 0 Å². The zero-order chi connectivity index (χ0) is 27.1. The van der Waals surface area contributed by atoms with Crippen LogP contribution in [0.5, 0.6) is 5.88 Å². The molecule has 3 atom stereocenters. The number of nitrogens with two attached hydrogens (primary N) is 1. The third-order valence-corrected chi connectivity index (χ3v) is 8.13. The molecule has 2 bridgehead atoms. The highest BCUT2D eigenvalue weighted by molar-refractivity contribution is 6.01. The SMILES string of the molecule is COC[C@]12CC[C@H](N1)[C@H]1COc3nc(-c4cc(N)nc(C)c4C(F)(F)F)c(F)c4c(C)c(C)nc(c34)N1C2. The molecule has 3 aromatic rings. The first kappa shape index (κ1) is 25.1. The number of pyridine rings is 3. The lowest BCUT2D eigenvalue weighted by Crippen LogP contribution is -2.67. The maximum Gasteiger partial charge on any atom is 0.418 e. The first-order valence-corrected chi connectivity index (χ1v) is 12.5. The second kappa shape index (κ2) is 8.37. The zero-order valence-electron chi connectivity index (χ0n) is 21.5. The van der Waals surface area contributed by atoms with Gasteiger partial charge in [-0.3, -0.25) is 0 Å². The predicted molar refractivity (Wildman–Crippen MR) is 134 cm³/mol. The molecule has 12 heteroatoms. The number of aryl methyl sites for hydroxylation is 3. The number of nitrogen functional groups attached to an aromatic ring is 1. The Labute approximate surface area is 216 Å². The lowest BCUT2D eigenvalue weighted by Gasteiger charge is -2.46. The fraction of sp³-hybridized carbons (Fsp3) is 0.500. The van der Waals surface area contributed by atoms with E-state index in [0.717, 1.165) is 18.9 Å². The van der Waals surface area contributed by atoms with Crippen LogP contribution < -0.4 is 20.7 Å². The summed E-state index contributed by atoms with van der Waals surface area (Å²) in [6.45, 7) is 5.94. The van der Waals surface area contributed by atoms with Gasteiger partial charge in [-0.2, -0.15) is 13.2 Å². The van der Waals surface area contributed by atoms with Gasteiger partial charge in [-0.1, -0.05) is 0 Å². The number of nitrogens with one attached hydrogen (secondary N) is 1. The molecule has 0 aromatic carbocycles. The molecule has 3 aliphatic rings. The standard InChI is InChI=1S/C26H28F4N6O2/c1-11-12(2)33-23-19-18(11)21(27)22(14-7-17(31)32-13(3)20(14)26(28,29)30)34-24(19)38-8-16-15-5-6-25(35-15,10-37-4)9-36(16)23/h7,15-16,35H,5-6,8-10H2,1-4H3,(H2,31,32)/t15-,16+,25+/m0/s1. The van der Waals surface area contributed by atoms with E-state index in [4.69, 9.17) is 20.2 Å². The maximum absolute atomic E-state index is 16.4. The van der Waals surface area contributed by atoms with E-state index in [1.807, 2.05) is 0 Å². The van der Waals surface area contributed by atoms with Crippen LogP contribution in [0, 0.1) is 26.6 Å². The number of ether oxygens (including phenoxy) is 2. The molecule has 0 amide bonds. The number of hydrogen-bond donors (Lipinski definition) is 2. The molecule has 3 aliphatic heterocycles. The van der Waals surface area contributed by atoms with Gasteiger partial charge in [-0.15, -0.1) is 0 Å². The van der Waals surface area contributed by atoms with Crippen LogP contribution >= 0.6 is 0 Å². The molecule has 38 heavy (non-hydrogen) atoms. The smallest absolute Gasteiger partial charge is 0.418 e. The molecule has 3 N–H and O–H groups in total. The predicted octanol–water partition coefficient (Wildman–Crippen LogP) is 4.08. The van der Waals surface area contributed by atoms with Crippen LogP contribution in [0.1, 0.15) is 35.4 Å². The number of nitrogens with zero attached hydrogens (tertiary/aromatic N) is 4. The molecule has 8 nitrogen and oxygen atoms in total. The van der Waals surface area contributed by atoms with Crippen LogP contribution in [-0.2, 0) is 10.9 Å². The van der Waals surface area contributed by atoms with Crippen LogP contribution in [0.25, 0.3) is 22.0 Å². The number of hydrogen-bond acceptors (Lipinski definition) is 8. The summed E-state index contributed by atoms with van der Waals surface area (Å²) in [5, 5.41) is 4.19. The Morgan fingerprint density at radius 3 is 2.66 bits per heavy atom. The molecule has 6 rings (SSSR count). The van der Waals surface area contributed by atoms with Crippen molar-refractivity contribution in [1.82, 2.24) is 20.3 Å². The molecular weight excluding hydrogens is 504 g/mol. The number of fused-ring (bicyclic) bond motifs is 5. The molecule has 2 fully saturated rings. The highest BCUT2D eigenvalue weighted by atomic mass is 19.4. The van der Waals surface area contributed by atoms with Crippen molar-refractivity contribution in [3.8, 4) is 17.1 Å². The normalized spacial score (nSPS) is 24.4. The molecule has 0 saturated carbocycles. The van der Waals surface area contributed by atoms with Gasteiger partial charge in [0.05, 0.1) is 34.8 Å². The molecule has 0 radical (unpaired) electrons. The van der Waals surface area contributed by atoms with Crippen molar-refractivity contribution in [2.24, 2.45) is 0 Å². The summed E-state index contributed by atoms with van der Waals surface area (Å²) < 4.78 is 70.5. The van der Waals surface area contributed by atoms with Crippen molar-refractivity contribution in [2.75, 3.05) is 37.5 Å². The van der Waals surface area contributed by atoms with Crippen molar-refractivity contribution in [3.63, 3.8) is 0 Å². The summed E-state index contributed by atoms with van der Waals surface area (Å²) in [6, 6.07) is 0.975. The lowest BCUT2D eigenvalue weighted by atomic mass is 9.95. The van der Waals surface area contributed by atoms with Gasteiger partial charge < -0.3 is 25.4 Å². The minimum Gasteiger partial charge on any atom is -0.475 e. The molecular formula is C26H28F4N6O2. The Morgan fingerprint density at radius 1 is 1.18 bits per heavy atom.